The lowest BCUT2D eigenvalue weighted by Gasteiger charge is -2.26. The summed E-state index contributed by atoms with van der Waals surface area (Å²) in [5.74, 6) is 0. The molecule has 10 aromatic rings. The molecular weight excluding hydrogens is 597 g/mol. The fourth-order valence-electron chi connectivity index (χ4n) is 7.50. The number of rotatable bonds is 5. The Kier molecular flexibility index (Phi) is 6.18. The molecule has 0 aliphatic heterocycles. The zero-order chi connectivity index (χ0) is 32.3. The number of anilines is 3. The predicted molar refractivity (Wildman–Crippen MR) is 206 cm³/mol. The van der Waals surface area contributed by atoms with Crippen LogP contribution in [-0.2, 0) is 0 Å². The van der Waals surface area contributed by atoms with Gasteiger partial charge in [-0.3, -0.25) is 0 Å². The van der Waals surface area contributed by atoms with Crippen LogP contribution in [-0.4, -0.2) is 4.57 Å². The average molecular weight is 627 g/mol. The van der Waals surface area contributed by atoms with Crippen LogP contribution in [0.3, 0.4) is 0 Å². The highest BCUT2D eigenvalue weighted by molar-refractivity contribution is 6.21. The molecular formula is C46H30N2O. The minimum absolute atomic E-state index is 0.885. The van der Waals surface area contributed by atoms with Crippen LogP contribution in [0, 0.1) is 0 Å². The van der Waals surface area contributed by atoms with E-state index in [0.29, 0.717) is 0 Å². The highest BCUT2D eigenvalue weighted by Crippen LogP contribution is 2.43. The quantitative estimate of drug-likeness (QED) is 0.190. The van der Waals surface area contributed by atoms with Crippen molar-refractivity contribution in [2.24, 2.45) is 0 Å². The Morgan fingerprint density at radius 2 is 1.02 bits per heavy atom. The van der Waals surface area contributed by atoms with E-state index in [1.807, 2.05) is 12.1 Å². The number of hydrogen-bond acceptors (Lipinski definition) is 2. The molecule has 0 atom stereocenters. The first-order valence-corrected chi connectivity index (χ1v) is 16.7. The fourth-order valence-corrected chi connectivity index (χ4v) is 7.50. The average Bonchev–Trinajstić information content (AvgIpc) is 3.71. The minimum Gasteiger partial charge on any atom is -0.456 e. The molecule has 2 heterocycles. The van der Waals surface area contributed by atoms with Crippen LogP contribution in [0.25, 0.3) is 71.3 Å². The van der Waals surface area contributed by atoms with E-state index in [1.54, 1.807) is 0 Å². The summed E-state index contributed by atoms with van der Waals surface area (Å²) >= 11 is 0. The van der Waals surface area contributed by atoms with Gasteiger partial charge in [-0.25, -0.2) is 0 Å². The summed E-state index contributed by atoms with van der Waals surface area (Å²) in [5, 5.41) is 7.23. The van der Waals surface area contributed by atoms with Gasteiger partial charge >= 0.3 is 0 Å². The Morgan fingerprint density at radius 3 is 1.86 bits per heavy atom. The lowest BCUT2D eigenvalue weighted by atomic mass is 10.0. The van der Waals surface area contributed by atoms with Crippen molar-refractivity contribution < 1.29 is 4.42 Å². The highest BCUT2D eigenvalue weighted by atomic mass is 16.3. The van der Waals surface area contributed by atoms with Gasteiger partial charge < -0.3 is 13.9 Å². The molecule has 0 spiro atoms. The van der Waals surface area contributed by atoms with E-state index in [1.165, 1.54) is 38.2 Å². The van der Waals surface area contributed by atoms with E-state index in [-0.39, 0.29) is 0 Å². The van der Waals surface area contributed by atoms with Crippen molar-refractivity contribution in [1.82, 2.24) is 4.57 Å². The van der Waals surface area contributed by atoms with Crippen LogP contribution in [0.2, 0.25) is 0 Å². The van der Waals surface area contributed by atoms with Gasteiger partial charge in [-0.05, 0) is 88.6 Å². The highest BCUT2D eigenvalue weighted by Gasteiger charge is 2.20. The van der Waals surface area contributed by atoms with Crippen molar-refractivity contribution in [2.45, 2.75) is 0 Å². The molecule has 0 aliphatic rings. The van der Waals surface area contributed by atoms with Gasteiger partial charge in [0.1, 0.15) is 11.2 Å². The zero-order valence-electron chi connectivity index (χ0n) is 26.6. The van der Waals surface area contributed by atoms with Gasteiger partial charge in [-0.2, -0.15) is 0 Å². The first-order chi connectivity index (χ1) is 24.3. The molecule has 230 valence electrons. The summed E-state index contributed by atoms with van der Waals surface area (Å²) in [7, 11) is 0. The van der Waals surface area contributed by atoms with Gasteiger partial charge in [0.05, 0.1) is 11.0 Å². The summed E-state index contributed by atoms with van der Waals surface area (Å²) in [6.07, 6.45) is 0. The van der Waals surface area contributed by atoms with Crippen molar-refractivity contribution in [2.75, 3.05) is 4.90 Å². The fraction of sp³-hybridized carbons (Fsp3) is 0. The normalized spacial score (nSPS) is 11.7. The second-order valence-electron chi connectivity index (χ2n) is 12.6. The van der Waals surface area contributed by atoms with Gasteiger partial charge in [0.2, 0.25) is 0 Å². The van der Waals surface area contributed by atoms with Crippen LogP contribution in [0.4, 0.5) is 17.1 Å². The molecule has 0 radical (unpaired) electrons. The molecule has 8 aromatic carbocycles. The van der Waals surface area contributed by atoms with E-state index >= 15 is 0 Å². The zero-order valence-corrected chi connectivity index (χ0v) is 26.6. The Morgan fingerprint density at radius 1 is 0.388 bits per heavy atom. The lowest BCUT2D eigenvalue weighted by Crippen LogP contribution is -2.10. The van der Waals surface area contributed by atoms with Crippen LogP contribution >= 0.6 is 0 Å². The largest absolute Gasteiger partial charge is 0.456 e. The first kappa shape index (κ1) is 27.5. The summed E-state index contributed by atoms with van der Waals surface area (Å²) in [5.41, 5.74) is 10.9. The molecule has 2 aromatic heterocycles. The number of fused-ring (bicyclic) bond motifs is 8. The van der Waals surface area contributed by atoms with Gasteiger partial charge in [-0.1, -0.05) is 115 Å². The van der Waals surface area contributed by atoms with Crippen LogP contribution in [0.5, 0.6) is 0 Å². The SMILES string of the molecule is c1ccc(-c2ccc(N(c3ccc4oc5ccccc5c4c3)c3ccc4c5c6ccccc6ccc5n(-c5ccccc5)c4c3)cc2)cc1. The van der Waals surface area contributed by atoms with E-state index in [4.69, 9.17) is 4.42 Å². The summed E-state index contributed by atoms with van der Waals surface area (Å²) in [6, 6.07) is 65.0. The Labute approximate surface area is 283 Å². The topological polar surface area (TPSA) is 21.3 Å². The molecule has 10 rings (SSSR count). The molecule has 3 heteroatoms. The van der Waals surface area contributed by atoms with Crippen molar-refractivity contribution in [1.29, 1.82) is 0 Å². The maximum Gasteiger partial charge on any atom is 0.135 e. The molecule has 0 saturated carbocycles. The molecule has 3 nitrogen and oxygen atoms in total. The second-order valence-corrected chi connectivity index (χ2v) is 12.6. The van der Waals surface area contributed by atoms with Crippen molar-refractivity contribution >= 4 is 71.6 Å². The third kappa shape index (κ3) is 4.44. The summed E-state index contributed by atoms with van der Waals surface area (Å²) in [6.45, 7) is 0. The number of nitrogens with zero attached hydrogens (tertiary/aromatic N) is 2. The molecule has 0 saturated heterocycles. The number of furan rings is 1. The number of benzene rings is 8. The number of hydrogen-bond donors (Lipinski definition) is 0. The summed E-state index contributed by atoms with van der Waals surface area (Å²) in [4.78, 5) is 2.36. The number of para-hydroxylation sites is 2. The van der Waals surface area contributed by atoms with E-state index in [9.17, 15) is 0 Å². The van der Waals surface area contributed by atoms with Crippen molar-refractivity contribution in [3.05, 3.63) is 182 Å². The second kappa shape index (κ2) is 11.0. The molecule has 49 heavy (non-hydrogen) atoms. The standard InChI is InChI=1S/C46H30N2O/c1-3-11-31(12-4-1)32-19-22-35(23-20-32)47(36-25-28-45-41(29-36)39-17-9-10-18-44(39)49-45)37-24-26-40-43(30-37)48(34-14-5-2-6-15-34)42-27-21-33-13-7-8-16-38(33)46(40)42/h1-30H. The molecule has 0 amide bonds. The van der Waals surface area contributed by atoms with Crippen LogP contribution in [0.1, 0.15) is 0 Å². The van der Waals surface area contributed by atoms with Crippen LogP contribution < -0.4 is 4.90 Å². The van der Waals surface area contributed by atoms with Gasteiger partial charge in [0.15, 0.2) is 0 Å². The molecule has 0 N–H and O–H groups in total. The first-order valence-electron chi connectivity index (χ1n) is 16.7. The van der Waals surface area contributed by atoms with Crippen molar-refractivity contribution in [3.8, 4) is 16.8 Å². The Hall–Kier alpha value is -6.58. The van der Waals surface area contributed by atoms with Gasteiger partial charge in [-0.15, -0.1) is 0 Å². The molecule has 0 bridgehead atoms. The van der Waals surface area contributed by atoms with Crippen molar-refractivity contribution in [3.63, 3.8) is 0 Å². The smallest absolute Gasteiger partial charge is 0.135 e. The van der Waals surface area contributed by atoms with E-state index in [0.717, 1.165) is 50.2 Å². The minimum atomic E-state index is 0.885. The molecule has 0 aliphatic carbocycles. The predicted octanol–water partition coefficient (Wildman–Crippen LogP) is 13.0. The maximum absolute atomic E-state index is 6.23. The maximum atomic E-state index is 6.23. The third-order valence-corrected chi connectivity index (χ3v) is 9.76. The Bertz CT molecular complexity index is 2810. The third-order valence-electron chi connectivity index (χ3n) is 9.76. The molecule has 0 fully saturated rings. The number of aromatic nitrogens is 1. The van der Waals surface area contributed by atoms with E-state index < -0.39 is 0 Å². The van der Waals surface area contributed by atoms with Gasteiger partial charge in [0, 0.05) is 44.3 Å². The van der Waals surface area contributed by atoms with E-state index in [2.05, 4.69) is 179 Å². The molecule has 0 unspecified atom stereocenters. The van der Waals surface area contributed by atoms with Crippen LogP contribution in [0.15, 0.2) is 186 Å². The summed E-state index contributed by atoms with van der Waals surface area (Å²) < 4.78 is 8.64. The Balaban J connectivity index is 1.23. The van der Waals surface area contributed by atoms with Gasteiger partial charge in [0.25, 0.3) is 0 Å². The lowest BCUT2D eigenvalue weighted by molar-refractivity contribution is 0.669. The monoisotopic (exact) mass is 626 g/mol.